The quantitative estimate of drug-likeness (QED) is 0.765. The van der Waals surface area contributed by atoms with Crippen LogP contribution in [0.3, 0.4) is 0 Å². The van der Waals surface area contributed by atoms with Crippen LogP contribution in [0.25, 0.3) is 0 Å². The van der Waals surface area contributed by atoms with Gasteiger partial charge in [-0.3, -0.25) is 4.79 Å². The number of halogens is 1. The average Bonchev–Trinajstić information content (AvgIpc) is 2.86. The van der Waals surface area contributed by atoms with E-state index in [-0.39, 0.29) is 5.91 Å². The Kier molecular flexibility index (Phi) is 5.45. The van der Waals surface area contributed by atoms with Crippen LogP contribution in [0, 0.1) is 0 Å². The molecule has 0 unspecified atom stereocenters. The lowest BCUT2D eigenvalue weighted by molar-refractivity contribution is -0.120. The fourth-order valence-electron chi connectivity index (χ4n) is 3.10. The van der Waals surface area contributed by atoms with Gasteiger partial charge in [-0.15, -0.1) is 6.58 Å². The maximum Gasteiger partial charge on any atom is 0.219 e. The number of fused-ring (bicyclic) bond motifs is 1. The third-order valence-electron chi connectivity index (χ3n) is 4.14. The number of rotatable bonds is 6. The summed E-state index contributed by atoms with van der Waals surface area (Å²) in [4.78, 5) is 11.3. The first-order valence-corrected chi connectivity index (χ1v) is 8.28. The summed E-state index contributed by atoms with van der Waals surface area (Å²) in [7, 11) is 0. The molecule has 2 N–H and O–H groups in total. The topological polar surface area (TPSA) is 49.3 Å². The Hall–Kier alpha value is -1.29. The van der Waals surface area contributed by atoms with E-state index >= 15 is 0 Å². The van der Waals surface area contributed by atoms with Crippen molar-refractivity contribution in [2.75, 3.05) is 6.54 Å². The molecule has 114 valence electrons. The number of aromatic hydroxyl groups is 1. The molecule has 3 nitrogen and oxygen atoms in total. The van der Waals surface area contributed by atoms with Gasteiger partial charge in [0.1, 0.15) is 5.75 Å². The minimum Gasteiger partial charge on any atom is -0.506 e. The van der Waals surface area contributed by atoms with Crippen LogP contribution in [0.1, 0.15) is 48.8 Å². The fourth-order valence-corrected chi connectivity index (χ4v) is 3.62. The van der Waals surface area contributed by atoms with Gasteiger partial charge in [0, 0.05) is 18.5 Å². The standard InChI is InChI=1S/C17H22BrNO2/c1-3-5-13-16-11(8-9-19-15(20)4-2)6-7-12(16)10-14(18)17(13)21/h3,10-11,21H,1,4-9H2,2H3,(H,19,20)/t11-/m1/s1. The van der Waals surface area contributed by atoms with Crippen LogP contribution in [-0.2, 0) is 17.6 Å². The van der Waals surface area contributed by atoms with Gasteiger partial charge in [-0.25, -0.2) is 0 Å². The van der Waals surface area contributed by atoms with Crippen molar-refractivity contribution in [3.05, 3.63) is 39.9 Å². The van der Waals surface area contributed by atoms with Gasteiger partial charge < -0.3 is 10.4 Å². The van der Waals surface area contributed by atoms with E-state index < -0.39 is 0 Å². The summed E-state index contributed by atoms with van der Waals surface area (Å²) in [6, 6.07) is 2.03. The molecule has 1 aliphatic carbocycles. The number of allylic oxidation sites excluding steroid dienone is 1. The summed E-state index contributed by atoms with van der Waals surface area (Å²) < 4.78 is 0.762. The van der Waals surface area contributed by atoms with Crippen LogP contribution in [0.4, 0.5) is 0 Å². The van der Waals surface area contributed by atoms with Crippen molar-refractivity contribution in [3.63, 3.8) is 0 Å². The molecule has 2 rings (SSSR count). The van der Waals surface area contributed by atoms with Gasteiger partial charge >= 0.3 is 0 Å². The summed E-state index contributed by atoms with van der Waals surface area (Å²) >= 11 is 3.43. The van der Waals surface area contributed by atoms with Gasteiger partial charge in [-0.05, 0) is 64.7 Å². The van der Waals surface area contributed by atoms with Crippen LogP contribution in [0.15, 0.2) is 23.2 Å². The van der Waals surface area contributed by atoms with Crippen molar-refractivity contribution in [2.24, 2.45) is 0 Å². The molecule has 1 aromatic carbocycles. The zero-order chi connectivity index (χ0) is 15.4. The average molecular weight is 352 g/mol. The molecule has 4 heteroatoms. The first kappa shape index (κ1) is 16.1. The smallest absolute Gasteiger partial charge is 0.219 e. The second kappa shape index (κ2) is 7.12. The summed E-state index contributed by atoms with van der Waals surface area (Å²) in [5.41, 5.74) is 3.56. The van der Waals surface area contributed by atoms with Crippen molar-refractivity contribution < 1.29 is 9.90 Å². The van der Waals surface area contributed by atoms with Gasteiger partial charge in [0.05, 0.1) is 4.47 Å². The highest BCUT2D eigenvalue weighted by atomic mass is 79.9. The van der Waals surface area contributed by atoms with E-state index in [4.69, 9.17) is 0 Å². The highest BCUT2D eigenvalue weighted by Crippen LogP contribution is 2.44. The lowest BCUT2D eigenvalue weighted by Crippen LogP contribution is -2.24. The number of aryl methyl sites for hydroxylation is 1. The van der Waals surface area contributed by atoms with E-state index in [0.29, 0.717) is 31.1 Å². The maximum atomic E-state index is 11.3. The van der Waals surface area contributed by atoms with E-state index in [1.165, 1.54) is 11.1 Å². The largest absolute Gasteiger partial charge is 0.506 e. The maximum absolute atomic E-state index is 11.3. The van der Waals surface area contributed by atoms with Crippen molar-refractivity contribution in [2.45, 2.75) is 44.9 Å². The fraction of sp³-hybridized carbons (Fsp3) is 0.471. The van der Waals surface area contributed by atoms with Gasteiger partial charge in [-0.2, -0.15) is 0 Å². The molecular formula is C17H22BrNO2. The van der Waals surface area contributed by atoms with Gasteiger partial charge in [-0.1, -0.05) is 13.0 Å². The summed E-state index contributed by atoms with van der Waals surface area (Å²) in [6.45, 7) is 6.34. The number of benzene rings is 1. The van der Waals surface area contributed by atoms with E-state index in [2.05, 4.69) is 27.8 Å². The minimum atomic E-state index is 0.0955. The molecular weight excluding hydrogens is 330 g/mol. The molecule has 1 aliphatic rings. The molecule has 0 saturated heterocycles. The van der Waals surface area contributed by atoms with Gasteiger partial charge in [0.25, 0.3) is 0 Å². The number of amides is 1. The SMILES string of the molecule is C=CCc1c(O)c(Br)cc2c1[C@@H](CCNC(=O)CC)CC2. The molecule has 1 amide bonds. The lowest BCUT2D eigenvalue weighted by atomic mass is 9.91. The molecule has 0 bridgehead atoms. The molecule has 0 radical (unpaired) electrons. The monoisotopic (exact) mass is 351 g/mol. The number of hydrogen-bond donors (Lipinski definition) is 2. The predicted octanol–water partition coefficient (Wildman–Crippen LogP) is 3.83. The first-order chi connectivity index (χ1) is 10.1. The second-order valence-electron chi connectivity index (χ2n) is 5.48. The molecule has 0 saturated carbocycles. The van der Waals surface area contributed by atoms with Crippen molar-refractivity contribution in [1.82, 2.24) is 5.32 Å². The number of carbonyl (C=O) groups is 1. The second-order valence-corrected chi connectivity index (χ2v) is 6.33. The van der Waals surface area contributed by atoms with Crippen LogP contribution >= 0.6 is 15.9 Å². The third-order valence-corrected chi connectivity index (χ3v) is 4.74. The Bertz CT molecular complexity index is 554. The minimum absolute atomic E-state index is 0.0955. The molecule has 0 aromatic heterocycles. The van der Waals surface area contributed by atoms with E-state index in [1.54, 1.807) is 0 Å². The van der Waals surface area contributed by atoms with Crippen LogP contribution in [0.2, 0.25) is 0 Å². The van der Waals surface area contributed by atoms with E-state index in [1.807, 2.05) is 19.1 Å². The Morgan fingerprint density at radius 2 is 2.38 bits per heavy atom. The molecule has 0 spiro atoms. The van der Waals surface area contributed by atoms with Crippen LogP contribution < -0.4 is 5.32 Å². The number of phenolic OH excluding ortho intramolecular Hbond substituents is 1. The molecule has 0 heterocycles. The number of carbonyl (C=O) groups excluding carboxylic acids is 1. The van der Waals surface area contributed by atoms with Crippen molar-refractivity contribution >= 4 is 21.8 Å². The number of nitrogens with one attached hydrogen (secondary N) is 1. The Balaban J connectivity index is 2.19. The Labute approximate surface area is 134 Å². The molecule has 1 aromatic rings. The summed E-state index contributed by atoms with van der Waals surface area (Å²) in [5, 5.41) is 13.2. The Morgan fingerprint density at radius 3 is 3.05 bits per heavy atom. The van der Waals surface area contributed by atoms with Gasteiger partial charge in [0.15, 0.2) is 0 Å². The Morgan fingerprint density at radius 1 is 1.62 bits per heavy atom. The normalized spacial score (nSPS) is 16.6. The van der Waals surface area contributed by atoms with Crippen LogP contribution in [0.5, 0.6) is 5.75 Å². The third kappa shape index (κ3) is 3.49. The zero-order valence-corrected chi connectivity index (χ0v) is 14.0. The first-order valence-electron chi connectivity index (χ1n) is 7.49. The summed E-state index contributed by atoms with van der Waals surface area (Å²) in [5.74, 6) is 0.836. The van der Waals surface area contributed by atoms with Gasteiger partial charge in [0.2, 0.25) is 5.91 Å². The molecule has 1 atom stereocenters. The molecule has 0 fully saturated rings. The zero-order valence-electron chi connectivity index (χ0n) is 12.4. The van der Waals surface area contributed by atoms with Crippen molar-refractivity contribution in [3.8, 4) is 5.75 Å². The molecule has 0 aliphatic heterocycles. The lowest BCUT2D eigenvalue weighted by Gasteiger charge is -2.18. The van der Waals surface area contributed by atoms with Crippen molar-refractivity contribution in [1.29, 1.82) is 0 Å². The summed E-state index contributed by atoms with van der Waals surface area (Å²) in [6.07, 6.45) is 6.06. The van der Waals surface area contributed by atoms with E-state index in [9.17, 15) is 9.90 Å². The highest BCUT2D eigenvalue weighted by Gasteiger charge is 2.27. The predicted molar refractivity (Wildman–Crippen MR) is 88.7 cm³/mol. The number of hydrogen-bond acceptors (Lipinski definition) is 2. The van der Waals surface area contributed by atoms with E-state index in [0.717, 1.165) is 29.3 Å². The van der Waals surface area contributed by atoms with Crippen LogP contribution in [-0.4, -0.2) is 17.6 Å². The highest BCUT2D eigenvalue weighted by molar-refractivity contribution is 9.10. The number of phenols is 1. The molecule has 21 heavy (non-hydrogen) atoms.